The van der Waals surface area contributed by atoms with Crippen molar-refractivity contribution in [3.8, 4) is 11.5 Å². The second-order valence-corrected chi connectivity index (χ2v) is 8.46. The van der Waals surface area contributed by atoms with Crippen LogP contribution in [0, 0.1) is 0 Å². The van der Waals surface area contributed by atoms with Crippen molar-refractivity contribution in [2.75, 3.05) is 7.11 Å². The Hall–Kier alpha value is -5.12. The maximum absolute atomic E-state index is 12.9. The van der Waals surface area contributed by atoms with Crippen LogP contribution in [0.4, 0.5) is 4.79 Å². The predicted octanol–water partition coefficient (Wildman–Crippen LogP) is 3.99. The molecule has 0 fully saturated rings. The van der Waals surface area contributed by atoms with E-state index in [-0.39, 0.29) is 13.0 Å². The van der Waals surface area contributed by atoms with Gasteiger partial charge in [0.2, 0.25) is 0 Å². The molecule has 1 heterocycles. The Balaban J connectivity index is 1.35. The zero-order valence-electron chi connectivity index (χ0n) is 21.4. The molecule has 39 heavy (non-hydrogen) atoms. The summed E-state index contributed by atoms with van der Waals surface area (Å²) in [4.78, 5) is 32.2. The molecule has 4 rings (SSSR count). The van der Waals surface area contributed by atoms with Crippen molar-refractivity contribution in [2.24, 2.45) is 5.10 Å². The van der Waals surface area contributed by atoms with Crippen molar-refractivity contribution in [3.05, 3.63) is 114 Å². The zero-order chi connectivity index (χ0) is 27.3. The summed E-state index contributed by atoms with van der Waals surface area (Å²) in [5, 5.41) is 6.65. The van der Waals surface area contributed by atoms with Gasteiger partial charge in [-0.2, -0.15) is 5.10 Å². The van der Waals surface area contributed by atoms with Gasteiger partial charge in [-0.15, -0.1) is 0 Å². The first kappa shape index (κ1) is 26.9. The number of aromatic amines is 1. The smallest absolute Gasteiger partial charge is 0.408 e. The fourth-order valence-corrected chi connectivity index (χ4v) is 3.60. The van der Waals surface area contributed by atoms with Gasteiger partial charge in [0.1, 0.15) is 19.3 Å². The second kappa shape index (κ2) is 14.0. The Bertz CT molecular complexity index is 1360. The monoisotopic (exact) mass is 527 g/mol. The van der Waals surface area contributed by atoms with E-state index in [0.29, 0.717) is 29.4 Å². The van der Waals surface area contributed by atoms with Crippen LogP contribution >= 0.6 is 0 Å². The minimum Gasteiger partial charge on any atom is -0.493 e. The number of hydrogen-bond donors (Lipinski definition) is 3. The molecule has 10 nitrogen and oxygen atoms in total. The fraction of sp³-hybridized carbons (Fsp3) is 0.172. The standard InChI is InChI=1S/C29H29N5O5/c1-37-27-14-23(12-13-26(27)38-18-21-8-4-2-5-9-21)16-32-34-28(35)25(15-24-17-30-20-31-24)33-29(36)39-19-22-10-6-3-7-11-22/h2-14,16-17,20,25H,15,18-19H2,1H3,(H,30,31)(H,33,36)(H,34,35)/b32-16-/t25-/m1/s1. The van der Waals surface area contributed by atoms with E-state index in [1.54, 1.807) is 31.5 Å². The van der Waals surface area contributed by atoms with Crippen LogP contribution in [0.5, 0.6) is 11.5 Å². The molecule has 0 radical (unpaired) electrons. The summed E-state index contributed by atoms with van der Waals surface area (Å²) in [6.45, 7) is 0.481. The molecule has 0 aliphatic rings. The van der Waals surface area contributed by atoms with Gasteiger partial charge < -0.3 is 24.5 Å². The minimum absolute atomic E-state index is 0.0795. The molecule has 0 saturated heterocycles. The highest BCUT2D eigenvalue weighted by molar-refractivity contribution is 5.87. The van der Waals surface area contributed by atoms with Gasteiger partial charge in [0.25, 0.3) is 5.91 Å². The molecule has 0 spiro atoms. The lowest BCUT2D eigenvalue weighted by Gasteiger charge is -2.16. The van der Waals surface area contributed by atoms with Crippen LogP contribution in [0.1, 0.15) is 22.4 Å². The number of imidazole rings is 1. The lowest BCUT2D eigenvalue weighted by molar-refractivity contribution is -0.123. The Labute approximate surface area is 226 Å². The third-order valence-electron chi connectivity index (χ3n) is 5.61. The number of rotatable bonds is 12. The lowest BCUT2D eigenvalue weighted by atomic mass is 10.1. The molecule has 4 aromatic rings. The Morgan fingerprint density at radius 3 is 2.36 bits per heavy atom. The van der Waals surface area contributed by atoms with Gasteiger partial charge in [-0.05, 0) is 34.9 Å². The number of nitrogens with one attached hydrogen (secondary N) is 3. The number of amides is 2. The zero-order valence-corrected chi connectivity index (χ0v) is 21.4. The molecule has 0 aliphatic heterocycles. The Kier molecular flexibility index (Phi) is 9.66. The number of carbonyl (C=O) groups excluding carboxylic acids is 2. The van der Waals surface area contributed by atoms with E-state index in [4.69, 9.17) is 14.2 Å². The summed E-state index contributed by atoms with van der Waals surface area (Å²) < 4.78 is 16.6. The molecule has 3 aromatic carbocycles. The molecule has 10 heteroatoms. The summed E-state index contributed by atoms with van der Waals surface area (Å²) in [7, 11) is 1.55. The number of methoxy groups -OCH3 is 1. The fourth-order valence-electron chi connectivity index (χ4n) is 3.60. The van der Waals surface area contributed by atoms with E-state index < -0.39 is 18.0 Å². The topological polar surface area (TPSA) is 127 Å². The van der Waals surface area contributed by atoms with Gasteiger partial charge in [-0.3, -0.25) is 4.79 Å². The molecule has 1 atom stereocenters. The number of hydrogen-bond acceptors (Lipinski definition) is 7. The molecule has 3 N–H and O–H groups in total. The highest BCUT2D eigenvalue weighted by Crippen LogP contribution is 2.28. The third-order valence-corrected chi connectivity index (χ3v) is 5.61. The summed E-state index contributed by atoms with van der Waals surface area (Å²) in [5.74, 6) is 0.592. The molecule has 0 unspecified atom stereocenters. The maximum Gasteiger partial charge on any atom is 0.408 e. The average molecular weight is 528 g/mol. The predicted molar refractivity (Wildman–Crippen MR) is 145 cm³/mol. The van der Waals surface area contributed by atoms with Gasteiger partial charge in [-0.25, -0.2) is 15.2 Å². The van der Waals surface area contributed by atoms with E-state index in [1.165, 1.54) is 12.5 Å². The number of H-pyrrole nitrogens is 1. The lowest BCUT2D eigenvalue weighted by Crippen LogP contribution is -2.47. The molecule has 0 saturated carbocycles. The van der Waals surface area contributed by atoms with Crippen molar-refractivity contribution >= 4 is 18.2 Å². The summed E-state index contributed by atoms with van der Waals surface area (Å²) in [5.41, 5.74) is 5.69. The number of benzene rings is 3. The highest BCUT2D eigenvalue weighted by atomic mass is 16.5. The number of nitrogens with zero attached hydrogens (tertiary/aromatic N) is 2. The quantitative estimate of drug-likeness (QED) is 0.189. The first-order valence-electron chi connectivity index (χ1n) is 12.2. The van der Waals surface area contributed by atoms with Crippen molar-refractivity contribution in [1.29, 1.82) is 0 Å². The minimum atomic E-state index is -0.950. The maximum atomic E-state index is 12.9. The average Bonchev–Trinajstić information content (AvgIpc) is 3.49. The molecule has 200 valence electrons. The summed E-state index contributed by atoms with van der Waals surface area (Å²) >= 11 is 0. The van der Waals surface area contributed by atoms with Gasteiger partial charge in [0.05, 0.1) is 19.7 Å². The van der Waals surface area contributed by atoms with E-state index in [9.17, 15) is 9.59 Å². The van der Waals surface area contributed by atoms with Crippen LogP contribution in [-0.2, 0) is 29.2 Å². The van der Waals surface area contributed by atoms with Crippen molar-refractivity contribution in [3.63, 3.8) is 0 Å². The normalized spacial score (nSPS) is 11.5. The Morgan fingerprint density at radius 1 is 0.974 bits per heavy atom. The summed E-state index contributed by atoms with van der Waals surface area (Å²) in [6, 6.07) is 23.4. The van der Waals surface area contributed by atoms with Crippen LogP contribution in [0.2, 0.25) is 0 Å². The summed E-state index contributed by atoms with van der Waals surface area (Å²) in [6.07, 6.45) is 3.99. The molecule has 1 aromatic heterocycles. The van der Waals surface area contributed by atoms with Gasteiger partial charge in [-0.1, -0.05) is 60.7 Å². The number of alkyl carbamates (subject to hydrolysis) is 1. The van der Waals surface area contributed by atoms with Crippen molar-refractivity contribution < 1.29 is 23.8 Å². The number of ether oxygens (including phenoxy) is 3. The van der Waals surface area contributed by atoms with Crippen LogP contribution in [0.3, 0.4) is 0 Å². The van der Waals surface area contributed by atoms with E-state index in [2.05, 4.69) is 25.8 Å². The number of hydrazone groups is 1. The molecule has 0 bridgehead atoms. The molecule has 0 aliphatic carbocycles. The van der Waals surface area contributed by atoms with Gasteiger partial charge in [0, 0.05) is 18.3 Å². The van der Waals surface area contributed by atoms with Gasteiger partial charge in [0.15, 0.2) is 11.5 Å². The SMILES string of the molecule is COc1cc(/C=N\NC(=O)[C@@H](Cc2cnc[nH]2)NC(=O)OCc2ccccc2)ccc1OCc1ccccc1. The van der Waals surface area contributed by atoms with Crippen LogP contribution in [0.25, 0.3) is 0 Å². The van der Waals surface area contributed by atoms with E-state index in [1.807, 2.05) is 60.7 Å². The number of aromatic nitrogens is 2. The van der Waals surface area contributed by atoms with E-state index in [0.717, 1.165) is 11.1 Å². The van der Waals surface area contributed by atoms with Crippen LogP contribution < -0.4 is 20.2 Å². The highest BCUT2D eigenvalue weighted by Gasteiger charge is 2.22. The molecule has 2 amide bonds. The van der Waals surface area contributed by atoms with Gasteiger partial charge >= 0.3 is 6.09 Å². The van der Waals surface area contributed by atoms with Crippen molar-refractivity contribution in [2.45, 2.75) is 25.7 Å². The molecular weight excluding hydrogens is 498 g/mol. The van der Waals surface area contributed by atoms with Crippen molar-refractivity contribution in [1.82, 2.24) is 20.7 Å². The second-order valence-electron chi connectivity index (χ2n) is 8.46. The Morgan fingerprint density at radius 2 is 1.69 bits per heavy atom. The van der Waals surface area contributed by atoms with Crippen LogP contribution in [0.15, 0.2) is 96.5 Å². The van der Waals surface area contributed by atoms with Crippen LogP contribution in [-0.4, -0.2) is 41.3 Å². The first-order chi connectivity index (χ1) is 19.1. The van der Waals surface area contributed by atoms with E-state index >= 15 is 0 Å². The molecular formula is C29H29N5O5. The first-order valence-corrected chi connectivity index (χ1v) is 12.2. The largest absolute Gasteiger partial charge is 0.493 e. The third kappa shape index (κ3) is 8.46. The number of carbonyl (C=O) groups is 2.